The number of alkyl halides is 5. The Balaban J connectivity index is 1.43. The van der Waals surface area contributed by atoms with Gasteiger partial charge in [-0.1, -0.05) is 26.0 Å². The van der Waals surface area contributed by atoms with Crippen LogP contribution in [0.2, 0.25) is 0 Å². The highest BCUT2D eigenvalue weighted by Crippen LogP contribution is 2.37. The third-order valence-corrected chi connectivity index (χ3v) is 5.39. The number of benzene rings is 3. The number of amides is 1. The molecule has 4 aromatic rings. The summed E-state index contributed by atoms with van der Waals surface area (Å²) in [5.41, 5.74) is 3.20. The average molecular weight is 516 g/mol. The third kappa shape index (κ3) is 5.93. The maximum Gasteiger partial charge on any atom is 0.499 e. The fourth-order valence-electron chi connectivity index (χ4n) is 3.34. The number of nitrogens with one attached hydrogen (secondary N) is 1. The highest BCUT2D eigenvalue weighted by molar-refractivity contribution is 6.04. The molecule has 0 bridgehead atoms. The molecule has 3 aromatic carbocycles. The van der Waals surface area contributed by atoms with Crippen molar-refractivity contribution in [2.45, 2.75) is 32.1 Å². The lowest BCUT2D eigenvalue weighted by Gasteiger charge is -2.20. The standard InChI is InChI=1S/C26H21F5N4O2/c1-16(2)18-4-3-5-19(14-18)24(36)33-20-8-6-17(7-9-20)23-32-15-35(34-23)21-10-12-22(13-11-21)37-26(30,31)25(27,28)29/h3-16H,1-2H3,(H,33,36). The molecule has 0 aliphatic carbocycles. The first-order valence-electron chi connectivity index (χ1n) is 11.1. The zero-order chi connectivity index (χ0) is 26.8. The summed E-state index contributed by atoms with van der Waals surface area (Å²) >= 11 is 0. The first-order valence-corrected chi connectivity index (χ1v) is 11.1. The van der Waals surface area contributed by atoms with Crippen molar-refractivity contribution in [1.82, 2.24) is 14.8 Å². The minimum atomic E-state index is -5.83. The van der Waals surface area contributed by atoms with Gasteiger partial charge in [-0.05, 0) is 72.1 Å². The van der Waals surface area contributed by atoms with Crippen LogP contribution in [0.4, 0.5) is 27.6 Å². The van der Waals surface area contributed by atoms with Gasteiger partial charge in [0, 0.05) is 16.8 Å². The maximum atomic E-state index is 13.1. The Morgan fingerprint density at radius 2 is 1.62 bits per heavy atom. The highest BCUT2D eigenvalue weighted by atomic mass is 19.4. The molecule has 0 saturated heterocycles. The zero-order valence-electron chi connectivity index (χ0n) is 19.6. The Morgan fingerprint density at radius 1 is 0.946 bits per heavy atom. The van der Waals surface area contributed by atoms with Crippen molar-refractivity contribution >= 4 is 11.6 Å². The molecule has 0 aliphatic heterocycles. The molecule has 0 atom stereocenters. The molecule has 37 heavy (non-hydrogen) atoms. The van der Waals surface area contributed by atoms with Gasteiger partial charge in [-0.3, -0.25) is 4.79 Å². The van der Waals surface area contributed by atoms with Crippen LogP contribution in [0, 0.1) is 0 Å². The second-order valence-corrected chi connectivity index (χ2v) is 8.43. The van der Waals surface area contributed by atoms with Crippen molar-refractivity contribution in [3.8, 4) is 22.8 Å². The number of rotatable bonds is 7. The monoisotopic (exact) mass is 516 g/mol. The third-order valence-electron chi connectivity index (χ3n) is 5.39. The summed E-state index contributed by atoms with van der Waals surface area (Å²) in [6.45, 7) is 4.10. The minimum absolute atomic E-state index is 0.238. The van der Waals surface area contributed by atoms with Gasteiger partial charge in [0.25, 0.3) is 5.91 Å². The first kappa shape index (κ1) is 25.8. The van der Waals surface area contributed by atoms with Gasteiger partial charge in [-0.15, -0.1) is 5.10 Å². The van der Waals surface area contributed by atoms with E-state index in [1.165, 1.54) is 23.1 Å². The van der Waals surface area contributed by atoms with Crippen LogP contribution in [0.25, 0.3) is 17.1 Å². The van der Waals surface area contributed by atoms with Crippen LogP contribution in [0.5, 0.6) is 5.75 Å². The Morgan fingerprint density at radius 3 is 2.24 bits per heavy atom. The highest BCUT2D eigenvalue weighted by Gasteiger charge is 2.61. The minimum Gasteiger partial charge on any atom is -0.426 e. The average Bonchev–Trinajstić information content (AvgIpc) is 3.34. The lowest BCUT2D eigenvalue weighted by Crippen LogP contribution is -2.41. The molecule has 0 fully saturated rings. The van der Waals surface area contributed by atoms with Crippen LogP contribution < -0.4 is 10.1 Å². The second kappa shape index (κ2) is 10.00. The Kier molecular flexibility index (Phi) is 6.97. The zero-order valence-corrected chi connectivity index (χ0v) is 19.6. The molecule has 11 heteroatoms. The molecule has 1 amide bonds. The predicted molar refractivity (Wildman–Crippen MR) is 127 cm³/mol. The van der Waals surface area contributed by atoms with E-state index in [2.05, 4.69) is 34.0 Å². The molecule has 0 radical (unpaired) electrons. The van der Waals surface area contributed by atoms with E-state index in [1.54, 1.807) is 30.3 Å². The van der Waals surface area contributed by atoms with Gasteiger partial charge in [0.2, 0.25) is 0 Å². The molecule has 192 valence electrons. The Bertz CT molecular complexity index is 1380. The van der Waals surface area contributed by atoms with E-state index in [-0.39, 0.29) is 5.91 Å². The molecule has 0 unspecified atom stereocenters. The van der Waals surface area contributed by atoms with Gasteiger partial charge in [-0.25, -0.2) is 9.67 Å². The molecule has 0 saturated carbocycles. The summed E-state index contributed by atoms with van der Waals surface area (Å²) in [5.74, 6) is -0.255. The number of anilines is 1. The van der Waals surface area contributed by atoms with E-state index in [9.17, 15) is 26.7 Å². The molecule has 0 aliphatic rings. The second-order valence-electron chi connectivity index (χ2n) is 8.43. The van der Waals surface area contributed by atoms with Crippen molar-refractivity contribution in [3.05, 3.63) is 90.3 Å². The number of carbonyl (C=O) groups is 1. The van der Waals surface area contributed by atoms with E-state index >= 15 is 0 Å². The SMILES string of the molecule is CC(C)c1cccc(C(=O)Nc2ccc(-c3ncn(-c4ccc(OC(F)(F)C(F)(F)F)cc4)n3)cc2)c1. The predicted octanol–water partition coefficient (Wildman–Crippen LogP) is 6.84. The van der Waals surface area contributed by atoms with E-state index in [4.69, 9.17) is 0 Å². The van der Waals surface area contributed by atoms with Crippen LogP contribution in [-0.2, 0) is 0 Å². The first-order chi connectivity index (χ1) is 17.4. The van der Waals surface area contributed by atoms with Gasteiger partial charge >= 0.3 is 12.3 Å². The normalized spacial score (nSPS) is 12.0. The fourth-order valence-corrected chi connectivity index (χ4v) is 3.34. The lowest BCUT2D eigenvalue weighted by atomic mass is 10.0. The Labute approximate surface area is 208 Å². The van der Waals surface area contributed by atoms with E-state index in [1.807, 2.05) is 18.2 Å². The molecule has 6 nitrogen and oxygen atoms in total. The molecule has 4 rings (SSSR count). The summed E-state index contributed by atoms with van der Waals surface area (Å²) in [4.78, 5) is 16.8. The number of aromatic nitrogens is 3. The maximum absolute atomic E-state index is 13.1. The van der Waals surface area contributed by atoms with Gasteiger partial charge in [0.15, 0.2) is 5.82 Å². The summed E-state index contributed by atoms with van der Waals surface area (Å²) in [6, 6.07) is 18.7. The van der Waals surface area contributed by atoms with Gasteiger partial charge in [0.05, 0.1) is 5.69 Å². The quantitative estimate of drug-likeness (QED) is 0.273. The van der Waals surface area contributed by atoms with Crippen LogP contribution >= 0.6 is 0 Å². The van der Waals surface area contributed by atoms with Crippen LogP contribution in [0.3, 0.4) is 0 Å². The number of carbonyl (C=O) groups excluding carboxylic acids is 1. The summed E-state index contributed by atoms with van der Waals surface area (Å²) in [7, 11) is 0. The van der Waals surface area contributed by atoms with Crippen molar-refractivity contribution in [3.63, 3.8) is 0 Å². The molecule has 1 heterocycles. The molecule has 1 N–H and O–H groups in total. The molecule has 1 aromatic heterocycles. The number of hydrogen-bond donors (Lipinski definition) is 1. The smallest absolute Gasteiger partial charge is 0.426 e. The van der Waals surface area contributed by atoms with Gasteiger partial charge < -0.3 is 10.1 Å². The van der Waals surface area contributed by atoms with Crippen LogP contribution in [-0.4, -0.2) is 33.0 Å². The lowest BCUT2D eigenvalue weighted by molar-refractivity contribution is -0.360. The van der Waals surface area contributed by atoms with Crippen LogP contribution in [0.15, 0.2) is 79.1 Å². The number of halogens is 5. The summed E-state index contributed by atoms with van der Waals surface area (Å²) in [6.07, 6.45) is -9.77. The topological polar surface area (TPSA) is 69.0 Å². The van der Waals surface area contributed by atoms with E-state index < -0.39 is 18.0 Å². The van der Waals surface area contributed by atoms with Gasteiger partial charge in [-0.2, -0.15) is 22.0 Å². The molecular weight excluding hydrogens is 495 g/mol. The number of hydrogen-bond acceptors (Lipinski definition) is 4. The van der Waals surface area contributed by atoms with Crippen molar-refractivity contribution in [2.24, 2.45) is 0 Å². The Hall–Kier alpha value is -4.28. The molecular formula is C26H21F5N4O2. The van der Waals surface area contributed by atoms with Crippen molar-refractivity contribution in [2.75, 3.05) is 5.32 Å². The van der Waals surface area contributed by atoms with E-state index in [0.717, 1.165) is 17.7 Å². The van der Waals surface area contributed by atoms with E-state index in [0.29, 0.717) is 34.2 Å². The largest absolute Gasteiger partial charge is 0.499 e. The van der Waals surface area contributed by atoms with Crippen molar-refractivity contribution in [1.29, 1.82) is 0 Å². The van der Waals surface area contributed by atoms with Crippen molar-refractivity contribution < 1.29 is 31.5 Å². The fraction of sp³-hybridized carbons (Fsp3) is 0.192. The molecule has 0 spiro atoms. The number of nitrogens with zero attached hydrogens (tertiary/aromatic N) is 3. The van der Waals surface area contributed by atoms with Crippen LogP contribution in [0.1, 0.15) is 35.7 Å². The summed E-state index contributed by atoms with van der Waals surface area (Å²) in [5, 5.41) is 7.15. The summed E-state index contributed by atoms with van der Waals surface area (Å²) < 4.78 is 68.2. The van der Waals surface area contributed by atoms with Gasteiger partial charge in [0.1, 0.15) is 12.1 Å². The number of ether oxygens (including phenoxy) is 1.